The van der Waals surface area contributed by atoms with Crippen LogP contribution in [0.25, 0.3) is 0 Å². The van der Waals surface area contributed by atoms with Gasteiger partial charge in [-0.25, -0.2) is 8.42 Å². The Balaban J connectivity index is 2.43. The third-order valence-electron chi connectivity index (χ3n) is 3.05. The van der Waals surface area contributed by atoms with E-state index in [1.165, 1.54) is 14.2 Å². The van der Waals surface area contributed by atoms with E-state index in [2.05, 4.69) is 5.32 Å². The molecule has 0 aromatic heterocycles. The molecule has 1 aliphatic heterocycles. The second-order valence-electron chi connectivity index (χ2n) is 4.55. The van der Waals surface area contributed by atoms with Crippen molar-refractivity contribution in [3.63, 3.8) is 0 Å². The summed E-state index contributed by atoms with van der Waals surface area (Å²) in [6.07, 6.45) is 0.436. The van der Waals surface area contributed by atoms with Gasteiger partial charge in [-0.1, -0.05) is 0 Å². The van der Waals surface area contributed by atoms with Crippen molar-refractivity contribution < 1.29 is 17.9 Å². The van der Waals surface area contributed by atoms with Crippen LogP contribution in [0.2, 0.25) is 0 Å². The Morgan fingerprint density at radius 2 is 2.00 bits per heavy atom. The van der Waals surface area contributed by atoms with Crippen molar-refractivity contribution in [1.29, 1.82) is 0 Å². The number of hydrogen-bond acceptors (Lipinski definition) is 5. The molecule has 7 nitrogen and oxygen atoms in total. The van der Waals surface area contributed by atoms with Crippen LogP contribution in [0.15, 0.2) is 0 Å². The Labute approximate surface area is 114 Å². The van der Waals surface area contributed by atoms with Crippen LogP contribution in [0.1, 0.15) is 6.42 Å². The van der Waals surface area contributed by atoms with Gasteiger partial charge in [-0.05, 0) is 6.42 Å². The van der Waals surface area contributed by atoms with Crippen molar-refractivity contribution in [3.05, 3.63) is 0 Å². The standard InChI is InChI=1S/C11H23N3O4S/c1-13(19(16,17)9-3-8-18-2)10-11(15)14-6-4-12-5-7-14/h12H,3-10H2,1-2H3. The van der Waals surface area contributed by atoms with Gasteiger partial charge in [-0.3, -0.25) is 4.79 Å². The second-order valence-corrected chi connectivity index (χ2v) is 6.74. The molecule has 112 valence electrons. The summed E-state index contributed by atoms with van der Waals surface area (Å²) in [5.41, 5.74) is 0. The van der Waals surface area contributed by atoms with Gasteiger partial charge >= 0.3 is 0 Å². The Kier molecular flexibility index (Phi) is 6.70. The number of carbonyl (C=O) groups excluding carboxylic acids is 1. The first-order valence-electron chi connectivity index (χ1n) is 6.39. The maximum Gasteiger partial charge on any atom is 0.237 e. The summed E-state index contributed by atoms with van der Waals surface area (Å²) in [4.78, 5) is 13.6. The zero-order valence-corrected chi connectivity index (χ0v) is 12.4. The Morgan fingerprint density at radius 3 is 2.58 bits per heavy atom. The minimum Gasteiger partial charge on any atom is -0.385 e. The van der Waals surface area contributed by atoms with E-state index in [0.717, 1.165) is 17.4 Å². The largest absolute Gasteiger partial charge is 0.385 e. The Morgan fingerprint density at radius 1 is 1.37 bits per heavy atom. The number of sulfonamides is 1. The molecule has 0 aliphatic carbocycles. The highest BCUT2D eigenvalue weighted by Crippen LogP contribution is 2.03. The lowest BCUT2D eigenvalue weighted by atomic mass is 10.3. The molecule has 1 heterocycles. The van der Waals surface area contributed by atoms with Crippen molar-refractivity contribution in [2.24, 2.45) is 0 Å². The molecule has 0 aromatic rings. The van der Waals surface area contributed by atoms with Crippen molar-refractivity contribution in [2.45, 2.75) is 6.42 Å². The van der Waals surface area contributed by atoms with Gasteiger partial charge in [0.05, 0.1) is 12.3 Å². The van der Waals surface area contributed by atoms with Crippen molar-refractivity contribution in [1.82, 2.24) is 14.5 Å². The molecule has 1 fully saturated rings. The zero-order valence-electron chi connectivity index (χ0n) is 11.6. The molecule has 0 aromatic carbocycles. The molecule has 1 rings (SSSR count). The molecule has 1 saturated heterocycles. The monoisotopic (exact) mass is 293 g/mol. The topological polar surface area (TPSA) is 79.0 Å². The molecule has 0 spiro atoms. The van der Waals surface area contributed by atoms with Gasteiger partial charge in [0.15, 0.2) is 0 Å². The molecule has 0 radical (unpaired) electrons. The number of rotatable bonds is 7. The first-order chi connectivity index (χ1) is 8.97. The van der Waals surface area contributed by atoms with E-state index in [1.807, 2.05) is 0 Å². The average Bonchev–Trinajstić information content (AvgIpc) is 2.39. The normalized spacial score (nSPS) is 16.9. The number of nitrogens with one attached hydrogen (secondary N) is 1. The van der Waals surface area contributed by atoms with Crippen LogP contribution in [-0.2, 0) is 19.6 Å². The predicted molar refractivity (Wildman–Crippen MR) is 72.4 cm³/mol. The number of methoxy groups -OCH3 is 1. The van der Waals surface area contributed by atoms with Crippen molar-refractivity contribution >= 4 is 15.9 Å². The van der Waals surface area contributed by atoms with E-state index in [-0.39, 0.29) is 18.2 Å². The summed E-state index contributed by atoms with van der Waals surface area (Å²) in [6.45, 7) is 3.10. The number of carbonyl (C=O) groups is 1. The first kappa shape index (κ1) is 16.4. The van der Waals surface area contributed by atoms with Crippen molar-refractivity contribution in [2.75, 3.05) is 59.2 Å². The molecular weight excluding hydrogens is 270 g/mol. The van der Waals surface area contributed by atoms with Crippen LogP contribution in [-0.4, -0.2) is 82.8 Å². The fraction of sp³-hybridized carbons (Fsp3) is 0.909. The lowest BCUT2D eigenvalue weighted by Crippen LogP contribution is -2.50. The van der Waals surface area contributed by atoms with Crippen LogP contribution in [0.4, 0.5) is 0 Å². The molecule has 0 saturated carbocycles. The fourth-order valence-electron chi connectivity index (χ4n) is 1.84. The van der Waals surface area contributed by atoms with E-state index < -0.39 is 10.0 Å². The van der Waals surface area contributed by atoms with E-state index >= 15 is 0 Å². The van der Waals surface area contributed by atoms with Gasteiger partial charge in [0.25, 0.3) is 0 Å². The number of likely N-dealkylation sites (N-methyl/N-ethyl adjacent to an activating group) is 1. The molecule has 1 N–H and O–H groups in total. The number of piperazine rings is 1. The third kappa shape index (κ3) is 5.43. The molecule has 0 bridgehead atoms. The van der Waals surface area contributed by atoms with Gasteiger partial charge in [0.1, 0.15) is 0 Å². The quantitative estimate of drug-likeness (QED) is 0.591. The molecule has 0 atom stereocenters. The summed E-state index contributed by atoms with van der Waals surface area (Å²) in [5.74, 6) is -0.133. The molecule has 0 unspecified atom stereocenters. The highest BCUT2D eigenvalue weighted by molar-refractivity contribution is 7.89. The van der Waals surface area contributed by atoms with Crippen LogP contribution >= 0.6 is 0 Å². The van der Waals surface area contributed by atoms with E-state index in [1.54, 1.807) is 4.90 Å². The highest BCUT2D eigenvalue weighted by atomic mass is 32.2. The number of ether oxygens (including phenoxy) is 1. The predicted octanol–water partition coefficient (Wildman–Crippen LogP) is -1.28. The maximum atomic E-state index is 12.0. The van der Waals surface area contributed by atoms with Gasteiger partial charge in [0, 0.05) is 46.9 Å². The number of nitrogens with zero attached hydrogens (tertiary/aromatic N) is 2. The van der Waals surface area contributed by atoms with E-state index in [4.69, 9.17) is 4.74 Å². The van der Waals surface area contributed by atoms with Crippen LogP contribution in [0, 0.1) is 0 Å². The minimum absolute atomic E-state index is 0.00613. The Bertz CT molecular complexity index is 379. The molecule has 1 amide bonds. The smallest absolute Gasteiger partial charge is 0.237 e. The SMILES string of the molecule is COCCCS(=O)(=O)N(C)CC(=O)N1CCNCC1. The molecular formula is C11H23N3O4S. The van der Waals surface area contributed by atoms with Gasteiger partial charge in [0.2, 0.25) is 15.9 Å². The third-order valence-corrected chi connectivity index (χ3v) is 4.94. The highest BCUT2D eigenvalue weighted by Gasteiger charge is 2.23. The fourth-order valence-corrected chi connectivity index (χ4v) is 2.95. The van der Waals surface area contributed by atoms with Gasteiger partial charge in [-0.15, -0.1) is 0 Å². The lowest BCUT2D eigenvalue weighted by molar-refractivity contribution is -0.131. The van der Waals surface area contributed by atoms with Crippen LogP contribution in [0.3, 0.4) is 0 Å². The summed E-state index contributed by atoms with van der Waals surface area (Å²) in [5, 5.41) is 3.15. The van der Waals surface area contributed by atoms with Crippen LogP contribution in [0.5, 0.6) is 0 Å². The summed E-state index contributed by atoms with van der Waals surface area (Å²) < 4.78 is 29.8. The van der Waals surface area contributed by atoms with Crippen molar-refractivity contribution in [3.8, 4) is 0 Å². The molecule has 1 aliphatic rings. The summed E-state index contributed by atoms with van der Waals surface area (Å²) in [6, 6.07) is 0. The number of amides is 1. The summed E-state index contributed by atoms with van der Waals surface area (Å²) >= 11 is 0. The molecule has 8 heteroatoms. The van der Waals surface area contributed by atoms with E-state index in [0.29, 0.717) is 26.1 Å². The van der Waals surface area contributed by atoms with E-state index in [9.17, 15) is 13.2 Å². The average molecular weight is 293 g/mol. The maximum absolute atomic E-state index is 12.0. The Hall–Kier alpha value is -0.700. The minimum atomic E-state index is -3.38. The second kappa shape index (κ2) is 7.78. The lowest BCUT2D eigenvalue weighted by Gasteiger charge is -2.29. The van der Waals surface area contributed by atoms with Crippen LogP contribution < -0.4 is 5.32 Å². The number of hydrogen-bond donors (Lipinski definition) is 1. The first-order valence-corrected chi connectivity index (χ1v) is 7.99. The zero-order chi connectivity index (χ0) is 14.3. The molecule has 19 heavy (non-hydrogen) atoms. The van der Waals surface area contributed by atoms with Gasteiger partial charge in [-0.2, -0.15) is 4.31 Å². The summed E-state index contributed by atoms with van der Waals surface area (Å²) in [7, 11) is -0.397. The van der Waals surface area contributed by atoms with Gasteiger partial charge < -0.3 is 15.0 Å².